The van der Waals surface area contributed by atoms with Crippen LogP contribution in [0.15, 0.2) is 40.7 Å². The molecule has 3 rings (SSSR count). The molecule has 0 aliphatic rings. The van der Waals surface area contributed by atoms with Crippen LogP contribution in [0.3, 0.4) is 0 Å². The first-order valence-electron chi connectivity index (χ1n) is 8.35. The Morgan fingerprint density at radius 2 is 1.76 bits per heavy atom. The minimum Gasteiger partial charge on any atom is -0.283 e. The molecule has 130 valence electrons. The first-order valence-corrected chi connectivity index (χ1v) is 8.73. The molecular weight excluding hydrogens is 332 g/mol. The van der Waals surface area contributed by atoms with E-state index in [0.29, 0.717) is 10.7 Å². The number of aromatic nitrogens is 2. The Labute approximate surface area is 153 Å². The van der Waals surface area contributed by atoms with Crippen molar-refractivity contribution in [1.82, 2.24) is 9.38 Å². The summed E-state index contributed by atoms with van der Waals surface area (Å²) in [5, 5.41) is 9.65. The van der Waals surface area contributed by atoms with Gasteiger partial charge in [-0.15, -0.1) is 10.2 Å². The van der Waals surface area contributed by atoms with Crippen LogP contribution in [0.4, 0.5) is 11.5 Å². The topological polar surface area (TPSA) is 42.0 Å². The molecule has 0 N–H and O–H groups in total. The lowest BCUT2D eigenvalue weighted by atomic mass is 9.92. The van der Waals surface area contributed by atoms with Crippen LogP contribution in [-0.4, -0.2) is 9.38 Å². The number of halogens is 1. The zero-order chi connectivity index (χ0) is 18.4. The van der Waals surface area contributed by atoms with Gasteiger partial charge in [0.1, 0.15) is 11.3 Å². The first-order chi connectivity index (χ1) is 11.7. The molecule has 0 radical (unpaired) electrons. The molecule has 4 nitrogen and oxygen atoms in total. The fourth-order valence-electron chi connectivity index (χ4n) is 2.92. The van der Waals surface area contributed by atoms with Crippen LogP contribution in [0.25, 0.3) is 5.65 Å². The number of fused-ring (bicyclic) bond motifs is 1. The van der Waals surface area contributed by atoms with E-state index in [2.05, 4.69) is 50.1 Å². The molecule has 25 heavy (non-hydrogen) atoms. The number of aryl methyl sites for hydroxylation is 3. The van der Waals surface area contributed by atoms with Crippen molar-refractivity contribution < 1.29 is 0 Å². The normalized spacial score (nSPS) is 12.4. The van der Waals surface area contributed by atoms with Gasteiger partial charge < -0.3 is 0 Å². The summed E-state index contributed by atoms with van der Waals surface area (Å²) >= 11 is 6.37. The third-order valence-electron chi connectivity index (χ3n) is 4.17. The molecule has 0 saturated carbocycles. The Kier molecular flexibility index (Phi) is 4.41. The molecule has 0 aliphatic heterocycles. The van der Waals surface area contributed by atoms with E-state index < -0.39 is 0 Å². The molecule has 0 spiro atoms. The summed E-state index contributed by atoms with van der Waals surface area (Å²) in [6.07, 6.45) is 1.97. The van der Waals surface area contributed by atoms with Crippen LogP contribution in [0.1, 0.15) is 43.2 Å². The summed E-state index contributed by atoms with van der Waals surface area (Å²) in [6.45, 7) is 12.5. The molecule has 0 unspecified atom stereocenters. The Morgan fingerprint density at radius 1 is 1.04 bits per heavy atom. The lowest BCUT2D eigenvalue weighted by molar-refractivity contribution is 0.573. The summed E-state index contributed by atoms with van der Waals surface area (Å²) in [6, 6.07) is 8.02. The fourth-order valence-corrected chi connectivity index (χ4v) is 3.28. The number of hydrogen-bond acceptors (Lipinski definition) is 3. The third-order valence-corrected chi connectivity index (χ3v) is 4.46. The smallest absolute Gasteiger partial charge is 0.183 e. The molecule has 0 saturated heterocycles. The molecule has 0 fully saturated rings. The standard InChI is InChI=1S/C20H23ClN4/c1-12-10-14(3)16(15(21)11-12)23-24-19-17(20(4,5)6)22-18-13(2)8-7-9-25(18)19/h7-11H,1-6H3. The van der Waals surface area contributed by atoms with Crippen LogP contribution in [0.5, 0.6) is 0 Å². The minimum atomic E-state index is -0.140. The van der Waals surface area contributed by atoms with E-state index in [1.807, 2.05) is 36.6 Å². The second-order valence-electron chi connectivity index (χ2n) is 7.53. The first kappa shape index (κ1) is 17.6. The average molecular weight is 355 g/mol. The van der Waals surface area contributed by atoms with Crippen LogP contribution < -0.4 is 0 Å². The summed E-state index contributed by atoms with van der Waals surface area (Å²) in [7, 11) is 0. The number of imidazole rings is 1. The van der Waals surface area contributed by atoms with Gasteiger partial charge in [0.05, 0.1) is 10.7 Å². The second kappa shape index (κ2) is 6.26. The average Bonchev–Trinajstić information content (AvgIpc) is 2.86. The molecule has 0 amide bonds. The van der Waals surface area contributed by atoms with Crippen molar-refractivity contribution in [3.05, 3.63) is 57.9 Å². The number of pyridine rings is 1. The van der Waals surface area contributed by atoms with Crippen molar-refractivity contribution in [1.29, 1.82) is 0 Å². The molecule has 0 aliphatic carbocycles. The van der Waals surface area contributed by atoms with Crippen LogP contribution in [-0.2, 0) is 5.41 Å². The van der Waals surface area contributed by atoms with Crippen molar-refractivity contribution in [2.75, 3.05) is 0 Å². The van der Waals surface area contributed by atoms with E-state index in [-0.39, 0.29) is 5.41 Å². The lowest BCUT2D eigenvalue weighted by Gasteiger charge is -2.15. The maximum Gasteiger partial charge on any atom is 0.183 e. The minimum absolute atomic E-state index is 0.140. The maximum absolute atomic E-state index is 6.37. The highest BCUT2D eigenvalue weighted by molar-refractivity contribution is 6.33. The van der Waals surface area contributed by atoms with Gasteiger partial charge in [0.2, 0.25) is 0 Å². The monoisotopic (exact) mass is 354 g/mol. The summed E-state index contributed by atoms with van der Waals surface area (Å²) < 4.78 is 2.00. The van der Waals surface area contributed by atoms with Gasteiger partial charge >= 0.3 is 0 Å². The highest BCUT2D eigenvalue weighted by atomic mass is 35.5. The van der Waals surface area contributed by atoms with Crippen molar-refractivity contribution in [3.8, 4) is 0 Å². The number of rotatable bonds is 2. The highest BCUT2D eigenvalue weighted by Crippen LogP contribution is 2.36. The third kappa shape index (κ3) is 3.31. The van der Waals surface area contributed by atoms with Gasteiger partial charge in [0, 0.05) is 11.6 Å². The van der Waals surface area contributed by atoms with Gasteiger partial charge in [-0.1, -0.05) is 44.5 Å². The van der Waals surface area contributed by atoms with Gasteiger partial charge in [-0.05, 0) is 49.6 Å². The Morgan fingerprint density at radius 3 is 2.40 bits per heavy atom. The van der Waals surface area contributed by atoms with E-state index in [9.17, 15) is 0 Å². The fraction of sp³-hybridized carbons (Fsp3) is 0.350. The Balaban J connectivity index is 2.21. The zero-order valence-electron chi connectivity index (χ0n) is 15.6. The molecular formula is C20H23ClN4. The largest absolute Gasteiger partial charge is 0.283 e. The predicted molar refractivity (Wildman–Crippen MR) is 104 cm³/mol. The Bertz CT molecular complexity index is 954. The SMILES string of the molecule is Cc1cc(C)c(N=Nc2c(C(C)(C)C)nc3c(C)cccn23)c(Cl)c1. The predicted octanol–water partition coefficient (Wildman–Crippen LogP) is 6.63. The van der Waals surface area contributed by atoms with Crippen LogP contribution in [0.2, 0.25) is 5.02 Å². The molecule has 5 heteroatoms. The summed E-state index contributed by atoms with van der Waals surface area (Å²) in [5.74, 6) is 0.752. The molecule has 1 aromatic carbocycles. The van der Waals surface area contributed by atoms with Crippen molar-refractivity contribution in [2.45, 2.75) is 47.0 Å². The van der Waals surface area contributed by atoms with Crippen molar-refractivity contribution in [2.24, 2.45) is 10.2 Å². The molecule has 2 heterocycles. The quantitative estimate of drug-likeness (QED) is 0.476. The van der Waals surface area contributed by atoms with Gasteiger partial charge in [0.25, 0.3) is 0 Å². The van der Waals surface area contributed by atoms with E-state index >= 15 is 0 Å². The van der Waals surface area contributed by atoms with Gasteiger partial charge in [-0.3, -0.25) is 4.40 Å². The Hall–Kier alpha value is -2.20. The maximum atomic E-state index is 6.37. The van der Waals surface area contributed by atoms with Crippen LogP contribution in [0, 0.1) is 20.8 Å². The van der Waals surface area contributed by atoms with E-state index in [1.165, 1.54) is 0 Å². The van der Waals surface area contributed by atoms with Gasteiger partial charge in [0.15, 0.2) is 5.82 Å². The number of azo groups is 1. The van der Waals surface area contributed by atoms with Crippen molar-refractivity contribution in [3.63, 3.8) is 0 Å². The lowest BCUT2D eigenvalue weighted by Crippen LogP contribution is -2.11. The van der Waals surface area contributed by atoms with Gasteiger partial charge in [-0.25, -0.2) is 4.98 Å². The van der Waals surface area contributed by atoms with E-state index in [1.54, 1.807) is 0 Å². The van der Waals surface area contributed by atoms with E-state index in [4.69, 9.17) is 16.6 Å². The second-order valence-corrected chi connectivity index (χ2v) is 7.94. The highest BCUT2D eigenvalue weighted by Gasteiger charge is 2.24. The molecule has 0 atom stereocenters. The van der Waals surface area contributed by atoms with E-state index in [0.717, 1.165) is 33.8 Å². The number of hydrogen-bond donors (Lipinski definition) is 0. The molecule has 3 aromatic rings. The summed E-state index contributed by atoms with van der Waals surface area (Å²) in [4.78, 5) is 4.83. The molecule has 0 bridgehead atoms. The number of benzene rings is 1. The molecule has 2 aromatic heterocycles. The van der Waals surface area contributed by atoms with Crippen LogP contribution >= 0.6 is 11.6 Å². The van der Waals surface area contributed by atoms with Crippen molar-refractivity contribution >= 4 is 28.8 Å². The number of nitrogens with zero attached hydrogens (tertiary/aromatic N) is 4. The zero-order valence-corrected chi connectivity index (χ0v) is 16.3. The summed E-state index contributed by atoms with van der Waals surface area (Å²) in [5.41, 5.74) is 5.63. The van der Waals surface area contributed by atoms with Gasteiger partial charge in [-0.2, -0.15) is 0 Å².